The number of fused-ring (bicyclic) bond motifs is 3. The molecule has 0 spiro atoms. The Kier molecular flexibility index (Phi) is 4.18. The Bertz CT molecular complexity index is 1490. The van der Waals surface area contributed by atoms with Crippen LogP contribution in [-0.4, -0.2) is 4.98 Å². The fraction of sp³-hybridized carbons (Fsp3) is 0. The van der Waals surface area contributed by atoms with Crippen molar-refractivity contribution in [3.05, 3.63) is 121 Å². The van der Waals surface area contributed by atoms with Gasteiger partial charge >= 0.3 is 0 Å². The summed E-state index contributed by atoms with van der Waals surface area (Å²) in [5.74, 6) is 0. The Hall–Kier alpha value is -4.10. The predicted molar refractivity (Wildman–Crippen MR) is 131 cm³/mol. The molecule has 1 radical (unpaired) electrons. The van der Waals surface area contributed by atoms with E-state index in [9.17, 15) is 0 Å². The lowest BCUT2D eigenvalue weighted by atomic mass is 9.85. The third-order valence-electron chi connectivity index (χ3n) is 5.89. The molecule has 0 unspecified atom stereocenters. The molecule has 0 aliphatic rings. The molecule has 31 heavy (non-hydrogen) atoms. The van der Waals surface area contributed by atoms with Crippen LogP contribution in [0.2, 0.25) is 0 Å². The summed E-state index contributed by atoms with van der Waals surface area (Å²) in [7, 11) is 0. The summed E-state index contributed by atoms with van der Waals surface area (Å²) in [5.41, 5.74) is 9.33. The molecule has 0 fully saturated rings. The maximum Gasteiger partial charge on any atom is 0.0558 e. The van der Waals surface area contributed by atoms with Crippen molar-refractivity contribution in [3.8, 4) is 33.4 Å². The van der Waals surface area contributed by atoms with E-state index in [1.165, 1.54) is 38.6 Å². The fourth-order valence-corrected chi connectivity index (χ4v) is 4.54. The first kappa shape index (κ1) is 17.7. The van der Waals surface area contributed by atoms with E-state index in [2.05, 4.69) is 126 Å². The zero-order valence-corrected chi connectivity index (χ0v) is 17.0. The van der Waals surface area contributed by atoms with Gasteiger partial charge in [-0.15, -0.1) is 0 Å². The van der Waals surface area contributed by atoms with Gasteiger partial charge in [0.2, 0.25) is 0 Å². The van der Waals surface area contributed by atoms with Crippen LogP contribution in [0.4, 0.5) is 0 Å². The molecule has 6 aromatic rings. The lowest BCUT2D eigenvalue weighted by Gasteiger charge is -2.18. The van der Waals surface area contributed by atoms with Crippen molar-refractivity contribution in [1.82, 2.24) is 4.98 Å². The van der Waals surface area contributed by atoms with Crippen LogP contribution in [0.25, 0.3) is 55.2 Å². The first-order valence-electron chi connectivity index (χ1n) is 10.6. The van der Waals surface area contributed by atoms with E-state index in [1.54, 1.807) is 0 Å². The van der Waals surface area contributed by atoms with Gasteiger partial charge in [0, 0.05) is 33.5 Å². The number of aromatic nitrogens is 1. The number of aromatic amines is 1. The molecule has 0 atom stereocenters. The molecule has 0 aliphatic heterocycles. The number of rotatable bonds is 3. The molecule has 5 aromatic carbocycles. The van der Waals surface area contributed by atoms with Crippen LogP contribution in [0.1, 0.15) is 0 Å². The lowest BCUT2D eigenvalue weighted by molar-refractivity contribution is 1.52. The van der Waals surface area contributed by atoms with Crippen molar-refractivity contribution >= 4 is 21.8 Å². The van der Waals surface area contributed by atoms with E-state index in [-0.39, 0.29) is 0 Å². The molecule has 6 rings (SSSR count). The molecule has 1 heterocycles. The first-order valence-corrected chi connectivity index (χ1v) is 10.6. The van der Waals surface area contributed by atoms with Crippen molar-refractivity contribution in [2.24, 2.45) is 0 Å². The highest BCUT2D eigenvalue weighted by atomic mass is 14.7. The average molecular weight is 394 g/mol. The molecule has 0 saturated carbocycles. The zero-order valence-electron chi connectivity index (χ0n) is 17.0. The minimum absolute atomic E-state index is 1.04. The Labute approximate surface area is 181 Å². The van der Waals surface area contributed by atoms with Crippen LogP contribution in [0, 0.1) is 6.07 Å². The van der Waals surface area contributed by atoms with Crippen LogP contribution in [0.15, 0.2) is 115 Å². The van der Waals surface area contributed by atoms with Crippen molar-refractivity contribution in [2.45, 2.75) is 0 Å². The summed E-state index contributed by atoms with van der Waals surface area (Å²) < 4.78 is 0. The van der Waals surface area contributed by atoms with Crippen LogP contribution < -0.4 is 0 Å². The topological polar surface area (TPSA) is 15.8 Å². The Morgan fingerprint density at radius 2 is 1.00 bits per heavy atom. The van der Waals surface area contributed by atoms with Crippen LogP contribution in [0.3, 0.4) is 0 Å². The second-order valence-electron chi connectivity index (χ2n) is 7.77. The molecule has 145 valence electrons. The van der Waals surface area contributed by atoms with Gasteiger partial charge in [-0.2, -0.15) is 0 Å². The van der Waals surface area contributed by atoms with Crippen LogP contribution in [-0.2, 0) is 0 Å². The fourth-order valence-electron chi connectivity index (χ4n) is 4.54. The monoisotopic (exact) mass is 394 g/mol. The number of benzene rings is 5. The third kappa shape index (κ3) is 2.94. The van der Waals surface area contributed by atoms with Gasteiger partial charge in [0.1, 0.15) is 0 Å². The van der Waals surface area contributed by atoms with Gasteiger partial charge in [0.15, 0.2) is 0 Å². The number of para-hydroxylation sites is 1. The van der Waals surface area contributed by atoms with E-state index in [0.717, 1.165) is 16.6 Å². The van der Waals surface area contributed by atoms with E-state index in [1.807, 2.05) is 0 Å². The normalized spacial score (nSPS) is 11.2. The van der Waals surface area contributed by atoms with Crippen molar-refractivity contribution < 1.29 is 0 Å². The molecule has 1 aromatic heterocycles. The van der Waals surface area contributed by atoms with E-state index in [0.29, 0.717) is 0 Å². The quantitative estimate of drug-likeness (QED) is 0.312. The second-order valence-corrected chi connectivity index (χ2v) is 7.77. The maximum atomic E-state index is 3.75. The summed E-state index contributed by atoms with van der Waals surface area (Å²) >= 11 is 0. The molecule has 1 nitrogen and oxygen atoms in total. The van der Waals surface area contributed by atoms with Crippen LogP contribution >= 0.6 is 0 Å². The molecule has 0 amide bonds. The SMILES string of the molecule is [c]1c(-c2ccccc2)c(-c2ccccc2)c(-c2ccccc2)c2c1[nH]c1ccccc12. The van der Waals surface area contributed by atoms with Gasteiger partial charge < -0.3 is 4.98 Å². The molecule has 1 N–H and O–H groups in total. The average Bonchev–Trinajstić information content (AvgIpc) is 3.23. The minimum Gasteiger partial charge on any atom is -0.354 e. The summed E-state index contributed by atoms with van der Waals surface area (Å²) in [5, 5.41) is 2.45. The minimum atomic E-state index is 1.04. The van der Waals surface area contributed by atoms with Crippen LogP contribution in [0.5, 0.6) is 0 Å². The van der Waals surface area contributed by atoms with Gasteiger partial charge in [-0.3, -0.25) is 0 Å². The number of H-pyrrole nitrogens is 1. The standard InChI is InChI=1S/C30H20N/c1-4-12-21(13-5-1)25-20-27-30(24-18-10-11-19-26(24)31-27)29(23-16-8-3-9-17-23)28(25)22-14-6-2-7-15-22/h1-19,31H. The summed E-state index contributed by atoms with van der Waals surface area (Å²) in [6.45, 7) is 0. The summed E-state index contributed by atoms with van der Waals surface area (Å²) in [4.78, 5) is 3.62. The Morgan fingerprint density at radius 1 is 0.484 bits per heavy atom. The smallest absolute Gasteiger partial charge is 0.0558 e. The molecule has 0 aliphatic carbocycles. The highest BCUT2D eigenvalue weighted by Crippen LogP contribution is 2.46. The van der Waals surface area contributed by atoms with Crippen molar-refractivity contribution in [1.29, 1.82) is 0 Å². The van der Waals surface area contributed by atoms with E-state index in [4.69, 9.17) is 0 Å². The van der Waals surface area contributed by atoms with Gasteiger partial charge in [-0.05, 0) is 28.3 Å². The largest absolute Gasteiger partial charge is 0.354 e. The second kappa shape index (κ2) is 7.30. The van der Waals surface area contributed by atoms with Gasteiger partial charge in [-0.1, -0.05) is 109 Å². The molecule has 0 bridgehead atoms. The van der Waals surface area contributed by atoms with E-state index >= 15 is 0 Å². The third-order valence-corrected chi connectivity index (χ3v) is 5.89. The van der Waals surface area contributed by atoms with Crippen molar-refractivity contribution in [2.75, 3.05) is 0 Å². The Balaban J connectivity index is 1.86. The summed E-state index contributed by atoms with van der Waals surface area (Å²) in [6, 6.07) is 44.3. The first-order chi connectivity index (χ1) is 15.4. The molecular weight excluding hydrogens is 374 g/mol. The Morgan fingerprint density at radius 3 is 1.65 bits per heavy atom. The maximum absolute atomic E-state index is 3.75. The lowest BCUT2D eigenvalue weighted by Crippen LogP contribution is -1.92. The zero-order chi connectivity index (χ0) is 20.6. The highest BCUT2D eigenvalue weighted by Gasteiger charge is 2.21. The van der Waals surface area contributed by atoms with Crippen molar-refractivity contribution in [3.63, 3.8) is 0 Å². The number of hydrogen-bond donors (Lipinski definition) is 1. The predicted octanol–water partition coefficient (Wildman–Crippen LogP) is 8.12. The molecule has 0 saturated heterocycles. The van der Waals surface area contributed by atoms with Gasteiger partial charge in [0.05, 0.1) is 5.52 Å². The summed E-state index contributed by atoms with van der Waals surface area (Å²) in [6.07, 6.45) is 0. The molecule has 1 heteroatoms. The molecular formula is C30H20N. The van der Waals surface area contributed by atoms with E-state index < -0.39 is 0 Å². The number of nitrogens with one attached hydrogen (secondary N) is 1. The van der Waals surface area contributed by atoms with Gasteiger partial charge in [-0.25, -0.2) is 0 Å². The number of hydrogen-bond acceptors (Lipinski definition) is 0. The highest BCUT2D eigenvalue weighted by molar-refractivity contribution is 6.19. The van der Waals surface area contributed by atoms with Gasteiger partial charge in [0.25, 0.3) is 0 Å².